The summed E-state index contributed by atoms with van der Waals surface area (Å²) in [5.74, 6) is 2.91. The van der Waals surface area contributed by atoms with E-state index in [1.165, 1.54) is 38.5 Å². The maximum absolute atomic E-state index is 5.29. The third kappa shape index (κ3) is 7.37. The van der Waals surface area contributed by atoms with Crippen LogP contribution in [-0.2, 0) is 6.42 Å². The molecule has 1 aliphatic rings. The summed E-state index contributed by atoms with van der Waals surface area (Å²) in [4.78, 5) is 13.3. The zero-order valence-electron chi connectivity index (χ0n) is 16.6. The first-order valence-electron chi connectivity index (χ1n) is 10.1. The Morgan fingerprint density at radius 2 is 2.11 bits per heavy atom. The van der Waals surface area contributed by atoms with E-state index in [1.807, 2.05) is 18.2 Å². The van der Waals surface area contributed by atoms with Crippen LogP contribution in [0.2, 0.25) is 0 Å². The Morgan fingerprint density at radius 1 is 1.25 bits per heavy atom. The maximum Gasteiger partial charge on any atom is 0.276 e. The van der Waals surface area contributed by atoms with Crippen molar-refractivity contribution in [1.29, 1.82) is 0 Å². The highest BCUT2D eigenvalue weighted by molar-refractivity contribution is 14.0. The largest absolute Gasteiger partial charge is 0.357 e. The van der Waals surface area contributed by atoms with Crippen molar-refractivity contribution in [3.63, 3.8) is 0 Å². The van der Waals surface area contributed by atoms with Crippen molar-refractivity contribution in [1.82, 2.24) is 25.8 Å². The molecule has 0 aliphatic heterocycles. The van der Waals surface area contributed by atoms with Gasteiger partial charge in [0.2, 0.25) is 0 Å². The molecule has 3 rings (SSSR count). The number of aromatic nitrogens is 3. The van der Waals surface area contributed by atoms with Crippen molar-refractivity contribution in [2.45, 2.75) is 51.9 Å². The van der Waals surface area contributed by atoms with E-state index in [0.29, 0.717) is 30.4 Å². The normalized spacial score (nSPS) is 14.7. The lowest BCUT2D eigenvalue weighted by atomic mass is 10.0. The first-order chi connectivity index (χ1) is 13.3. The molecule has 7 nitrogen and oxygen atoms in total. The highest BCUT2D eigenvalue weighted by Gasteiger charge is 2.14. The Balaban J connectivity index is 0.00000280. The molecule has 2 N–H and O–H groups in total. The van der Waals surface area contributed by atoms with E-state index in [9.17, 15) is 0 Å². The molecule has 0 saturated heterocycles. The molecule has 0 aromatic carbocycles. The number of pyridine rings is 1. The second-order valence-electron chi connectivity index (χ2n) is 6.96. The summed E-state index contributed by atoms with van der Waals surface area (Å²) in [5.41, 5.74) is 0.696. The second kappa shape index (κ2) is 12.7. The monoisotopic (exact) mass is 498 g/mol. The van der Waals surface area contributed by atoms with E-state index in [4.69, 9.17) is 4.52 Å². The van der Waals surface area contributed by atoms with Gasteiger partial charge in [0, 0.05) is 32.3 Å². The Morgan fingerprint density at radius 3 is 2.86 bits per heavy atom. The van der Waals surface area contributed by atoms with Crippen LogP contribution in [0.15, 0.2) is 33.9 Å². The van der Waals surface area contributed by atoms with Crippen molar-refractivity contribution in [2.24, 2.45) is 10.9 Å². The van der Waals surface area contributed by atoms with Gasteiger partial charge in [0.25, 0.3) is 5.89 Å². The van der Waals surface area contributed by atoms with Gasteiger partial charge in [-0.25, -0.2) is 0 Å². The molecule has 28 heavy (non-hydrogen) atoms. The number of nitrogens with zero attached hydrogens (tertiary/aromatic N) is 4. The SMILES string of the molecule is CCNC(=NCCCC1CCCC1)NCCc1noc(-c2ccccn2)n1.I. The molecular weight excluding hydrogens is 467 g/mol. The average molecular weight is 498 g/mol. The molecule has 0 radical (unpaired) electrons. The zero-order chi connectivity index (χ0) is 18.7. The van der Waals surface area contributed by atoms with Crippen molar-refractivity contribution >= 4 is 29.9 Å². The van der Waals surface area contributed by atoms with Crippen molar-refractivity contribution in [3.8, 4) is 11.6 Å². The molecule has 0 unspecified atom stereocenters. The number of aliphatic imine (C=N–C) groups is 1. The summed E-state index contributed by atoms with van der Waals surface area (Å²) in [6, 6.07) is 5.62. The van der Waals surface area contributed by atoms with E-state index in [0.717, 1.165) is 25.0 Å². The van der Waals surface area contributed by atoms with E-state index in [-0.39, 0.29) is 24.0 Å². The molecule has 2 aromatic rings. The summed E-state index contributed by atoms with van der Waals surface area (Å²) in [6.45, 7) is 4.50. The number of rotatable bonds is 9. The number of hydrogen-bond acceptors (Lipinski definition) is 5. The van der Waals surface area contributed by atoms with Gasteiger partial charge in [0.1, 0.15) is 5.69 Å². The molecule has 2 aromatic heterocycles. The van der Waals surface area contributed by atoms with Crippen LogP contribution in [0.25, 0.3) is 11.6 Å². The first-order valence-corrected chi connectivity index (χ1v) is 10.1. The minimum absolute atomic E-state index is 0. The molecule has 8 heteroatoms. The molecule has 1 aliphatic carbocycles. The van der Waals surface area contributed by atoms with E-state index >= 15 is 0 Å². The fraction of sp³-hybridized carbons (Fsp3) is 0.600. The highest BCUT2D eigenvalue weighted by Crippen LogP contribution is 2.28. The lowest BCUT2D eigenvalue weighted by molar-refractivity contribution is 0.421. The van der Waals surface area contributed by atoms with Gasteiger partial charge >= 0.3 is 0 Å². The predicted octanol–water partition coefficient (Wildman–Crippen LogP) is 3.82. The van der Waals surface area contributed by atoms with E-state index in [2.05, 4.69) is 37.7 Å². The summed E-state index contributed by atoms with van der Waals surface area (Å²) < 4.78 is 5.29. The van der Waals surface area contributed by atoms with Crippen LogP contribution in [0, 0.1) is 5.92 Å². The van der Waals surface area contributed by atoms with Gasteiger partial charge in [0.05, 0.1) is 0 Å². The van der Waals surface area contributed by atoms with Gasteiger partial charge in [-0.2, -0.15) is 4.98 Å². The molecule has 0 amide bonds. The smallest absolute Gasteiger partial charge is 0.276 e. The number of nitrogens with one attached hydrogen (secondary N) is 2. The fourth-order valence-corrected chi connectivity index (χ4v) is 3.45. The molecule has 0 bridgehead atoms. The van der Waals surface area contributed by atoms with E-state index in [1.54, 1.807) is 6.20 Å². The van der Waals surface area contributed by atoms with Gasteiger partial charge in [-0.15, -0.1) is 24.0 Å². The van der Waals surface area contributed by atoms with Crippen molar-refractivity contribution < 1.29 is 4.52 Å². The summed E-state index contributed by atoms with van der Waals surface area (Å²) in [7, 11) is 0. The average Bonchev–Trinajstić information content (AvgIpc) is 3.38. The van der Waals surface area contributed by atoms with Crippen molar-refractivity contribution in [2.75, 3.05) is 19.6 Å². The summed E-state index contributed by atoms with van der Waals surface area (Å²) >= 11 is 0. The standard InChI is InChI=1S/C20H30N6O.HI/c1-2-21-20(23-14-7-10-16-8-3-4-9-16)24-15-12-18-25-19(27-26-18)17-11-5-6-13-22-17;/h5-6,11,13,16H,2-4,7-10,12,14-15H2,1H3,(H2,21,23,24);1H. The van der Waals surface area contributed by atoms with Crippen molar-refractivity contribution in [3.05, 3.63) is 30.2 Å². The molecule has 1 fully saturated rings. The molecule has 0 spiro atoms. The summed E-state index contributed by atoms with van der Waals surface area (Å²) in [6.07, 6.45) is 10.5. The van der Waals surface area contributed by atoms with Gasteiger partial charge < -0.3 is 15.2 Å². The predicted molar refractivity (Wildman–Crippen MR) is 122 cm³/mol. The van der Waals surface area contributed by atoms with Gasteiger partial charge in [-0.05, 0) is 37.8 Å². The minimum atomic E-state index is 0. The van der Waals surface area contributed by atoms with Gasteiger partial charge in [0.15, 0.2) is 11.8 Å². The Labute approximate surface area is 184 Å². The maximum atomic E-state index is 5.29. The van der Waals surface area contributed by atoms with E-state index < -0.39 is 0 Å². The Kier molecular flexibility index (Phi) is 10.2. The zero-order valence-corrected chi connectivity index (χ0v) is 18.9. The first kappa shape index (κ1) is 22.6. The number of halogens is 1. The molecular formula is C20H31IN6O. The number of hydrogen-bond donors (Lipinski definition) is 2. The molecule has 0 atom stereocenters. The third-order valence-electron chi connectivity index (χ3n) is 4.85. The lowest BCUT2D eigenvalue weighted by Crippen LogP contribution is -2.38. The van der Waals surface area contributed by atoms with Crippen LogP contribution in [0.3, 0.4) is 0 Å². The van der Waals surface area contributed by atoms with Crippen LogP contribution in [-0.4, -0.2) is 40.7 Å². The molecule has 1 saturated carbocycles. The van der Waals surface area contributed by atoms with Crippen LogP contribution >= 0.6 is 24.0 Å². The van der Waals surface area contributed by atoms with Gasteiger partial charge in [-0.3, -0.25) is 9.98 Å². The minimum Gasteiger partial charge on any atom is -0.357 e. The molecule has 2 heterocycles. The van der Waals surface area contributed by atoms with Crippen LogP contribution in [0.4, 0.5) is 0 Å². The highest BCUT2D eigenvalue weighted by atomic mass is 127. The number of guanidine groups is 1. The topological polar surface area (TPSA) is 88.2 Å². The van der Waals surface area contributed by atoms with Crippen LogP contribution in [0.1, 0.15) is 51.3 Å². The quantitative estimate of drug-likeness (QED) is 0.237. The fourth-order valence-electron chi connectivity index (χ4n) is 3.45. The molecule has 154 valence electrons. The van der Waals surface area contributed by atoms with Crippen LogP contribution in [0.5, 0.6) is 0 Å². The second-order valence-corrected chi connectivity index (χ2v) is 6.96. The third-order valence-corrected chi connectivity index (χ3v) is 4.85. The Hall–Kier alpha value is -1.71. The lowest BCUT2D eigenvalue weighted by Gasteiger charge is -2.11. The Bertz CT molecular complexity index is 700. The summed E-state index contributed by atoms with van der Waals surface area (Å²) in [5, 5.41) is 10.7. The van der Waals surface area contributed by atoms with Crippen LogP contribution < -0.4 is 10.6 Å². The van der Waals surface area contributed by atoms with Gasteiger partial charge in [-0.1, -0.05) is 36.9 Å².